The van der Waals surface area contributed by atoms with E-state index in [9.17, 15) is 0 Å². The molecule has 90 valence electrons. The molecule has 17 heavy (non-hydrogen) atoms. The van der Waals surface area contributed by atoms with Gasteiger partial charge in [-0.1, -0.05) is 15.9 Å². The number of furan rings is 1. The molecule has 5 heteroatoms. The molecule has 0 spiro atoms. The van der Waals surface area contributed by atoms with E-state index in [1.54, 1.807) is 12.1 Å². The van der Waals surface area contributed by atoms with E-state index in [1.807, 2.05) is 24.3 Å². The molecular formula is C12H11BrClNO2. The molecule has 0 saturated carbocycles. The maximum absolute atomic E-state index is 5.90. The lowest BCUT2D eigenvalue weighted by molar-refractivity contribution is 0.273. The van der Waals surface area contributed by atoms with E-state index in [0.29, 0.717) is 17.6 Å². The first-order valence-corrected chi connectivity index (χ1v) is 6.21. The smallest absolute Gasteiger partial charge is 0.193 e. The standard InChI is InChI=1S/C12H11BrClNO2/c13-8-1-3-9(4-2-8)16-7-10(15)11-5-6-12(14)17-11/h1-6,10H,7,15H2. The summed E-state index contributed by atoms with van der Waals surface area (Å²) in [5.74, 6) is 1.38. The van der Waals surface area contributed by atoms with Gasteiger partial charge in [0.05, 0.1) is 6.04 Å². The fraction of sp³-hybridized carbons (Fsp3) is 0.167. The van der Waals surface area contributed by atoms with Gasteiger partial charge in [-0.2, -0.15) is 0 Å². The Hall–Kier alpha value is -0.970. The van der Waals surface area contributed by atoms with E-state index >= 15 is 0 Å². The molecule has 2 rings (SSSR count). The zero-order valence-corrected chi connectivity index (χ0v) is 11.2. The molecule has 1 unspecified atom stereocenters. The first kappa shape index (κ1) is 12.5. The third-order valence-corrected chi connectivity index (χ3v) is 2.93. The van der Waals surface area contributed by atoms with E-state index in [-0.39, 0.29) is 6.04 Å². The lowest BCUT2D eigenvalue weighted by Gasteiger charge is -2.10. The van der Waals surface area contributed by atoms with E-state index in [1.165, 1.54) is 0 Å². The maximum Gasteiger partial charge on any atom is 0.193 e. The van der Waals surface area contributed by atoms with Crippen LogP contribution in [0.4, 0.5) is 0 Å². The number of nitrogens with two attached hydrogens (primary N) is 1. The van der Waals surface area contributed by atoms with E-state index in [0.717, 1.165) is 10.2 Å². The molecule has 2 N–H and O–H groups in total. The summed E-state index contributed by atoms with van der Waals surface area (Å²) in [6.45, 7) is 0.339. The Labute approximate surface area is 113 Å². The Balaban J connectivity index is 1.92. The van der Waals surface area contributed by atoms with Gasteiger partial charge in [-0.15, -0.1) is 0 Å². The molecule has 1 aromatic carbocycles. The van der Waals surface area contributed by atoms with Crippen LogP contribution >= 0.6 is 27.5 Å². The van der Waals surface area contributed by atoms with Crippen molar-refractivity contribution < 1.29 is 9.15 Å². The third-order valence-electron chi connectivity index (χ3n) is 2.20. The average molecular weight is 317 g/mol. The number of hydrogen-bond donors (Lipinski definition) is 1. The van der Waals surface area contributed by atoms with Crippen molar-refractivity contribution in [3.8, 4) is 5.75 Å². The Kier molecular flexibility index (Phi) is 4.10. The second-order valence-corrected chi connectivity index (χ2v) is 4.80. The van der Waals surface area contributed by atoms with Gasteiger partial charge in [0.2, 0.25) is 0 Å². The summed E-state index contributed by atoms with van der Waals surface area (Å²) in [6.07, 6.45) is 0. The van der Waals surface area contributed by atoms with Gasteiger partial charge in [0, 0.05) is 4.47 Å². The molecule has 0 amide bonds. The average Bonchev–Trinajstić information content (AvgIpc) is 2.75. The molecule has 1 atom stereocenters. The molecule has 0 aliphatic carbocycles. The molecule has 0 aliphatic heterocycles. The first-order valence-electron chi connectivity index (χ1n) is 5.04. The summed E-state index contributed by atoms with van der Waals surface area (Å²) >= 11 is 9.03. The van der Waals surface area contributed by atoms with Crippen LogP contribution in [0.25, 0.3) is 0 Å². The molecule has 0 saturated heterocycles. The zero-order valence-electron chi connectivity index (χ0n) is 8.90. The molecule has 0 bridgehead atoms. The molecule has 0 aliphatic rings. The maximum atomic E-state index is 5.90. The summed E-state index contributed by atoms with van der Waals surface area (Å²) in [7, 11) is 0. The lowest BCUT2D eigenvalue weighted by atomic mass is 10.2. The van der Waals surface area contributed by atoms with Gasteiger partial charge >= 0.3 is 0 Å². The minimum atomic E-state index is -0.328. The van der Waals surface area contributed by atoms with Crippen LogP contribution in [0.1, 0.15) is 11.8 Å². The molecule has 1 heterocycles. The highest BCUT2D eigenvalue weighted by Gasteiger charge is 2.11. The monoisotopic (exact) mass is 315 g/mol. The highest BCUT2D eigenvalue weighted by molar-refractivity contribution is 9.10. The fourth-order valence-corrected chi connectivity index (χ4v) is 1.74. The van der Waals surface area contributed by atoms with Crippen LogP contribution in [0.2, 0.25) is 5.22 Å². The fourth-order valence-electron chi connectivity index (χ4n) is 1.33. The number of ether oxygens (including phenoxy) is 1. The number of rotatable bonds is 4. The Morgan fingerprint density at radius 1 is 1.24 bits per heavy atom. The first-order chi connectivity index (χ1) is 8.15. The summed E-state index contributed by atoms with van der Waals surface area (Å²) < 4.78 is 11.7. The van der Waals surface area contributed by atoms with Crippen LogP contribution in [0.3, 0.4) is 0 Å². The SMILES string of the molecule is NC(COc1ccc(Br)cc1)c1ccc(Cl)o1. The van der Waals surface area contributed by atoms with Gasteiger partial charge in [-0.3, -0.25) is 0 Å². The summed E-state index contributed by atoms with van der Waals surface area (Å²) in [6, 6.07) is 10.6. The molecule has 1 aromatic heterocycles. The molecule has 0 fully saturated rings. The van der Waals surface area contributed by atoms with Crippen molar-refractivity contribution in [2.45, 2.75) is 6.04 Å². The van der Waals surface area contributed by atoms with Crippen molar-refractivity contribution in [3.05, 3.63) is 51.9 Å². The van der Waals surface area contributed by atoms with Crippen LogP contribution in [0.5, 0.6) is 5.75 Å². The van der Waals surface area contributed by atoms with Gasteiger partial charge < -0.3 is 14.9 Å². The van der Waals surface area contributed by atoms with Crippen LogP contribution in [-0.4, -0.2) is 6.61 Å². The van der Waals surface area contributed by atoms with E-state index in [2.05, 4.69) is 15.9 Å². The largest absolute Gasteiger partial charge is 0.491 e. The zero-order chi connectivity index (χ0) is 12.3. The minimum absolute atomic E-state index is 0.328. The van der Waals surface area contributed by atoms with Crippen molar-refractivity contribution in [2.75, 3.05) is 6.61 Å². The second-order valence-electron chi connectivity index (χ2n) is 3.51. The highest BCUT2D eigenvalue weighted by atomic mass is 79.9. The van der Waals surface area contributed by atoms with E-state index in [4.69, 9.17) is 26.5 Å². The molecular weight excluding hydrogens is 305 g/mol. The van der Waals surface area contributed by atoms with Gasteiger partial charge in [0.1, 0.15) is 18.1 Å². The van der Waals surface area contributed by atoms with Crippen molar-refractivity contribution in [3.63, 3.8) is 0 Å². The highest BCUT2D eigenvalue weighted by Crippen LogP contribution is 2.20. The topological polar surface area (TPSA) is 48.4 Å². The molecule has 3 nitrogen and oxygen atoms in total. The van der Waals surface area contributed by atoms with E-state index < -0.39 is 0 Å². The van der Waals surface area contributed by atoms with Crippen LogP contribution in [0.15, 0.2) is 45.3 Å². The Bertz CT molecular complexity index is 484. The van der Waals surface area contributed by atoms with Crippen molar-refractivity contribution >= 4 is 27.5 Å². The Morgan fingerprint density at radius 2 is 1.94 bits per heavy atom. The number of halogens is 2. The summed E-state index contributed by atoms with van der Waals surface area (Å²) in [4.78, 5) is 0. The van der Waals surface area contributed by atoms with Crippen molar-refractivity contribution in [1.82, 2.24) is 0 Å². The van der Waals surface area contributed by atoms with Gasteiger partial charge in [0.15, 0.2) is 5.22 Å². The number of hydrogen-bond acceptors (Lipinski definition) is 3. The van der Waals surface area contributed by atoms with Crippen molar-refractivity contribution in [1.29, 1.82) is 0 Å². The Morgan fingerprint density at radius 3 is 2.53 bits per heavy atom. The quantitative estimate of drug-likeness (QED) is 0.934. The third kappa shape index (κ3) is 3.49. The van der Waals surface area contributed by atoms with Crippen molar-refractivity contribution in [2.24, 2.45) is 5.73 Å². The van der Waals surface area contributed by atoms with Gasteiger partial charge in [-0.25, -0.2) is 0 Å². The predicted octanol–water partition coefficient (Wildman–Crippen LogP) is 3.77. The van der Waals surface area contributed by atoms with Gasteiger partial charge in [-0.05, 0) is 48.0 Å². The number of benzene rings is 1. The molecule has 2 aromatic rings. The van der Waals surface area contributed by atoms with Crippen LogP contribution in [-0.2, 0) is 0 Å². The summed E-state index contributed by atoms with van der Waals surface area (Å²) in [5.41, 5.74) is 5.90. The molecule has 0 radical (unpaired) electrons. The normalized spacial score (nSPS) is 12.4. The minimum Gasteiger partial charge on any atom is -0.491 e. The second kappa shape index (κ2) is 5.58. The van der Waals surface area contributed by atoms with Crippen LogP contribution in [0, 0.1) is 0 Å². The van der Waals surface area contributed by atoms with Gasteiger partial charge in [0.25, 0.3) is 0 Å². The lowest BCUT2D eigenvalue weighted by Crippen LogP contribution is -2.18. The predicted molar refractivity (Wildman–Crippen MR) is 70.3 cm³/mol. The summed E-state index contributed by atoms with van der Waals surface area (Å²) in [5, 5.41) is 0.332. The van der Waals surface area contributed by atoms with Crippen LogP contribution < -0.4 is 10.5 Å².